The maximum Gasteiger partial charge on any atom is 0.258 e. The summed E-state index contributed by atoms with van der Waals surface area (Å²) in [7, 11) is -3.27. The predicted molar refractivity (Wildman–Crippen MR) is 105 cm³/mol. The van der Waals surface area contributed by atoms with Gasteiger partial charge in [0.05, 0.1) is 4.90 Å². The standard InChI is InChI=1S/C21H21NO3S/c1-15(2)22(19-10-12-20(13-11-19)26(3,24)25)21(23)18-9-8-16-6-4-5-7-17(16)14-18/h4-15H,1-3H3. The number of amides is 1. The molecule has 0 aliphatic rings. The van der Waals surface area contributed by atoms with Crippen LogP contribution in [0.2, 0.25) is 0 Å². The first-order chi connectivity index (χ1) is 12.3. The second kappa shape index (κ2) is 6.92. The Kier molecular flexibility index (Phi) is 4.83. The highest BCUT2D eigenvalue weighted by Crippen LogP contribution is 2.24. The molecule has 0 saturated heterocycles. The molecule has 0 aliphatic carbocycles. The molecule has 3 rings (SSSR count). The van der Waals surface area contributed by atoms with E-state index in [4.69, 9.17) is 0 Å². The maximum atomic E-state index is 13.1. The highest BCUT2D eigenvalue weighted by Gasteiger charge is 2.21. The highest BCUT2D eigenvalue weighted by molar-refractivity contribution is 7.90. The topological polar surface area (TPSA) is 54.5 Å². The second-order valence-electron chi connectivity index (χ2n) is 6.60. The van der Waals surface area contributed by atoms with Crippen molar-refractivity contribution < 1.29 is 13.2 Å². The molecule has 0 aliphatic heterocycles. The first kappa shape index (κ1) is 18.1. The van der Waals surface area contributed by atoms with Gasteiger partial charge in [0.2, 0.25) is 0 Å². The number of nitrogens with zero attached hydrogens (tertiary/aromatic N) is 1. The molecule has 0 heterocycles. The molecule has 134 valence electrons. The Morgan fingerprint density at radius 1 is 0.885 bits per heavy atom. The minimum Gasteiger partial charge on any atom is -0.306 e. The lowest BCUT2D eigenvalue weighted by molar-refractivity contribution is 0.0980. The van der Waals surface area contributed by atoms with E-state index in [9.17, 15) is 13.2 Å². The third-order valence-electron chi connectivity index (χ3n) is 4.27. The average molecular weight is 367 g/mol. The fourth-order valence-corrected chi connectivity index (χ4v) is 3.60. The van der Waals surface area contributed by atoms with Gasteiger partial charge in [0.25, 0.3) is 5.91 Å². The summed E-state index contributed by atoms with van der Waals surface area (Å²) in [5.41, 5.74) is 1.27. The van der Waals surface area contributed by atoms with Gasteiger partial charge in [-0.3, -0.25) is 4.79 Å². The molecule has 3 aromatic carbocycles. The molecule has 26 heavy (non-hydrogen) atoms. The van der Waals surface area contributed by atoms with E-state index in [-0.39, 0.29) is 16.8 Å². The molecular weight excluding hydrogens is 346 g/mol. The first-order valence-corrected chi connectivity index (χ1v) is 10.3. The normalized spacial score (nSPS) is 11.7. The Morgan fingerprint density at radius 3 is 2.08 bits per heavy atom. The molecule has 0 radical (unpaired) electrons. The summed E-state index contributed by atoms with van der Waals surface area (Å²) in [6, 6.07) is 19.9. The summed E-state index contributed by atoms with van der Waals surface area (Å²) >= 11 is 0. The van der Waals surface area contributed by atoms with Gasteiger partial charge in [0, 0.05) is 23.5 Å². The van der Waals surface area contributed by atoms with E-state index < -0.39 is 9.84 Å². The van der Waals surface area contributed by atoms with Gasteiger partial charge in [0.15, 0.2) is 9.84 Å². The zero-order chi connectivity index (χ0) is 18.9. The Balaban J connectivity index is 1.99. The van der Waals surface area contributed by atoms with Gasteiger partial charge < -0.3 is 4.90 Å². The van der Waals surface area contributed by atoms with Crippen LogP contribution in [-0.4, -0.2) is 26.6 Å². The lowest BCUT2D eigenvalue weighted by Gasteiger charge is -2.27. The van der Waals surface area contributed by atoms with Crippen LogP contribution >= 0.6 is 0 Å². The summed E-state index contributed by atoms with van der Waals surface area (Å²) in [6.07, 6.45) is 1.17. The molecule has 3 aromatic rings. The van der Waals surface area contributed by atoms with Crippen LogP contribution in [0, 0.1) is 0 Å². The summed E-state index contributed by atoms with van der Waals surface area (Å²) in [6.45, 7) is 3.87. The minimum absolute atomic E-state index is 0.0712. The van der Waals surface area contributed by atoms with Gasteiger partial charge in [-0.2, -0.15) is 0 Å². The SMILES string of the molecule is CC(C)N(C(=O)c1ccc2ccccc2c1)c1ccc(S(C)(=O)=O)cc1. The van der Waals surface area contributed by atoms with Crippen molar-refractivity contribution in [2.75, 3.05) is 11.2 Å². The van der Waals surface area contributed by atoms with Crippen molar-refractivity contribution in [1.82, 2.24) is 0 Å². The van der Waals surface area contributed by atoms with Crippen LogP contribution in [-0.2, 0) is 9.84 Å². The fourth-order valence-electron chi connectivity index (χ4n) is 2.97. The molecule has 0 atom stereocenters. The van der Waals surface area contributed by atoms with Crippen LogP contribution in [0.5, 0.6) is 0 Å². The fraction of sp³-hybridized carbons (Fsp3) is 0.190. The molecule has 0 N–H and O–H groups in total. The van der Waals surface area contributed by atoms with Crippen molar-refractivity contribution in [1.29, 1.82) is 0 Å². The summed E-state index contributed by atoms with van der Waals surface area (Å²) in [5.74, 6) is -0.113. The Morgan fingerprint density at radius 2 is 1.50 bits per heavy atom. The zero-order valence-electron chi connectivity index (χ0n) is 15.0. The number of hydrogen-bond donors (Lipinski definition) is 0. The summed E-state index contributed by atoms with van der Waals surface area (Å²) in [4.78, 5) is 15.0. The molecule has 0 unspecified atom stereocenters. The van der Waals surface area contributed by atoms with Crippen molar-refractivity contribution in [3.63, 3.8) is 0 Å². The molecule has 0 bridgehead atoms. The van der Waals surface area contributed by atoms with E-state index in [0.29, 0.717) is 11.3 Å². The summed E-state index contributed by atoms with van der Waals surface area (Å²) in [5, 5.41) is 2.09. The highest BCUT2D eigenvalue weighted by atomic mass is 32.2. The first-order valence-electron chi connectivity index (χ1n) is 8.40. The number of anilines is 1. The molecule has 1 amide bonds. The number of carbonyl (C=O) groups excluding carboxylic acids is 1. The van der Waals surface area contributed by atoms with Crippen molar-refractivity contribution >= 4 is 32.2 Å². The van der Waals surface area contributed by atoms with E-state index >= 15 is 0 Å². The second-order valence-corrected chi connectivity index (χ2v) is 8.61. The third kappa shape index (κ3) is 3.63. The maximum absolute atomic E-state index is 13.1. The van der Waals surface area contributed by atoms with Gasteiger partial charge in [0.1, 0.15) is 0 Å². The van der Waals surface area contributed by atoms with E-state index in [1.807, 2.05) is 56.3 Å². The molecule has 0 aromatic heterocycles. The van der Waals surface area contributed by atoms with Crippen LogP contribution < -0.4 is 4.90 Å². The van der Waals surface area contributed by atoms with Crippen LogP contribution in [0.25, 0.3) is 10.8 Å². The number of fused-ring (bicyclic) bond motifs is 1. The van der Waals surface area contributed by atoms with E-state index in [2.05, 4.69) is 0 Å². The lowest BCUT2D eigenvalue weighted by Crippen LogP contribution is -2.37. The molecular formula is C21H21NO3S. The van der Waals surface area contributed by atoms with E-state index in [0.717, 1.165) is 10.8 Å². The Hall–Kier alpha value is -2.66. The molecule has 4 nitrogen and oxygen atoms in total. The Labute approximate surface area is 154 Å². The summed E-state index contributed by atoms with van der Waals surface area (Å²) < 4.78 is 23.3. The van der Waals surface area contributed by atoms with Gasteiger partial charge in [-0.25, -0.2) is 8.42 Å². The van der Waals surface area contributed by atoms with Crippen LogP contribution in [0.15, 0.2) is 71.6 Å². The van der Waals surface area contributed by atoms with Crippen LogP contribution in [0.3, 0.4) is 0 Å². The largest absolute Gasteiger partial charge is 0.306 e. The number of carbonyl (C=O) groups is 1. The number of rotatable bonds is 4. The van der Waals surface area contributed by atoms with Gasteiger partial charge >= 0.3 is 0 Å². The molecule has 0 spiro atoms. The third-order valence-corrected chi connectivity index (χ3v) is 5.40. The number of sulfone groups is 1. The smallest absolute Gasteiger partial charge is 0.258 e. The lowest BCUT2D eigenvalue weighted by atomic mass is 10.1. The average Bonchev–Trinajstić information content (AvgIpc) is 2.61. The monoisotopic (exact) mass is 367 g/mol. The quantitative estimate of drug-likeness (QED) is 0.691. The molecule has 5 heteroatoms. The molecule has 0 fully saturated rings. The van der Waals surface area contributed by atoms with Crippen molar-refractivity contribution in [2.24, 2.45) is 0 Å². The minimum atomic E-state index is -3.27. The zero-order valence-corrected chi connectivity index (χ0v) is 15.8. The van der Waals surface area contributed by atoms with Crippen molar-refractivity contribution in [2.45, 2.75) is 24.8 Å². The number of benzene rings is 3. The van der Waals surface area contributed by atoms with Gasteiger partial charge in [-0.1, -0.05) is 30.3 Å². The van der Waals surface area contributed by atoms with Gasteiger partial charge in [-0.05, 0) is 61.0 Å². The Bertz CT molecular complexity index is 1050. The number of hydrogen-bond acceptors (Lipinski definition) is 3. The van der Waals surface area contributed by atoms with Crippen LogP contribution in [0.4, 0.5) is 5.69 Å². The predicted octanol–water partition coefficient (Wildman–Crippen LogP) is 4.30. The van der Waals surface area contributed by atoms with Gasteiger partial charge in [-0.15, -0.1) is 0 Å². The van der Waals surface area contributed by atoms with E-state index in [1.165, 1.54) is 18.4 Å². The van der Waals surface area contributed by atoms with Crippen molar-refractivity contribution in [3.8, 4) is 0 Å². The van der Waals surface area contributed by atoms with Crippen LogP contribution in [0.1, 0.15) is 24.2 Å². The van der Waals surface area contributed by atoms with E-state index in [1.54, 1.807) is 17.0 Å². The van der Waals surface area contributed by atoms with Crippen molar-refractivity contribution in [3.05, 3.63) is 72.3 Å². The molecule has 0 saturated carbocycles.